The highest BCUT2D eigenvalue weighted by atomic mass is 32.2. The molecule has 0 unspecified atom stereocenters. The van der Waals surface area contributed by atoms with Gasteiger partial charge in [0.2, 0.25) is 0 Å². The summed E-state index contributed by atoms with van der Waals surface area (Å²) < 4.78 is 5.93. The fourth-order valence-corrected chi connectivity index (χ4v) is 4.30. The van der Waals surface area contributed by atoms with E-state index >= 15 is 0 Å². The van der Waals surface area contributed by atoms with Crippen molar-refractivity contribution in [2.75, 3.05) is 6.61 Å². The lowest BCUT2D eigenvalue weighted by Gasteiger charge is -2.39. The second-order valence-electron chi connectivity index (χ2n) is 6.65. The van der Waals surface area contributed by atoms with Crippen LogP contribution in [0.5, 0.6) is 5.75 Å². The molecule has 5 atom stereocenters. The molecule has 0 aliphatic carbocycles. The average molecular weight is 391 g/mol. The minimum atomic E-state index is -1.38. The van der Waals surface area contributed by atoms with Gasteiger partial charge in [0.25, 0.3) is 0 Å². The molecule has 27 heavy (non-hydrogen) atoms. The van der Waals surface area contributed by atoms with Gasteiger partial charge in [-0.05, 0) is 23.6 Å². The number of nitrogens with zero attached hydrogens (tertiary/aromatic N) is 1. The fraction of sp³-hybridized carbons (Fsp3) is 0.450. The Kier molecular flexibility index (Phi) is 6.73. The highest BCUT2D eigenvalue weighted by Crippen LogP contribution is 2.35. The van der Waals surface area contributed by atoms with E-state index in [0.717, 1.165) is 29.3 Å². The molecule has 2 aromatic rings. The highest BCUT2D eigenvalue weighted by Gasteiger charge is 2.44. The Morgan fingerprint density at radius 1 is 1.00 bits per heavy atom. The van der Waals surface area contributed by atoms with Gasteiger partial charge in [0.1, 0.15) is 18.0 Å². The topological polar surface area (TPSA) is 103 Å². The third-order valence-corrected chi connectivity index (χ3v) is 6.21. The van der Waals surface area contributed by atoms with Crippen molar-refractivity contribution in [1.82, 2.24) is 4.98 Å². The van der Waals surface area contributed by atoms with Gasteiger partial charge in [0.05, 0.1) is 24.2 Å². The minimum Gasteiger partial charge on any atom is -0.475 e. The van der Waals surface area contributed by atoms with Crippen LogP contribution in [0.1, 0.15) is 23.6 Å². The summed E-state index contributed by atoms with van der Waals surface area (Å²) in [7, 11) is 0. The fourth-order valence-electron chi connectivity index (χ4n) is 3.06. The first-order chi connectivity index (χ1) is 13.0. The number of hydrogen-bond acceptors (Lipinski definition) is 7. The zero-order valence-electron chi connectivity index (χ0n) is 15.1. The van der Waals surface area contributed by atoms with Crippen LogP contribution in [0.15, 0.2) is 42.7 Å². The number of aromatic nitrogens is 1. The van der Waals surface area contributed by atoms with Crippen molar-refractivity contribution in [2.45, 2.75) is 48.8 Å². The second kappa shape index (κ2) is 9.03. The maximum Gasteiger partial charge on any atom is 0.173 e. The molecule has 1 fully saturated rings. The van der Waals surface area contributed by atoms with E-state index in [1.54, 1.807) is 12.4 Å². The van der Waals surface area contributed by atoms with Crippen molar-refractivity contribution < 1.29 is 25.2 Å². The van der Waals surface area contributed by atoms with Crippen molar-refractivity contribution in [1.29, 1.82) is 0 Å². The first kappa shape index (κ1) is 20.1. The normalized spacial score (nSPS) is 28.1. The van der Waals surface area contributed by atoms with Gasteiger partial charge in [-0.25, -0.2) is 0 Å². The van der Waals surface area contributed by atoms with E-state index in [9.17, 15) is 20.4 Å². The lowest BCUT2D eigenvalue weighted by Crippen LogP contribution is -2.55. The van der Waals surface area contributed by atoms with Crippen molar-refractivity contribution in [2.24, 2.45) is 0 Å². The molecule has 6 nitrogen and oxygen atoms in total. The van der Waals surface area contributed by atoms with Crippen molar-refractivity contribution in [3.63, 3.8) is 0 Å². The number of rotatable bonds is 6. The van der Waals surface area contributed by atoms with E-state index in [1.165, 1.54) is 5.56 Å². The van der Waals surface area contributed by atoms with Crippen molar-refractivity contribution >= 4 is 11.8 Å². The number of aliphatic hydroxyl groups excluding tert-OH is 4. The van der Waals surface area contributed by atoms with Crippen LogP contribution in [0, 0.1) is 0 Å². The summed E-state index contributed by atoms with van der Waals surface area (Å²) in [6.45, 7) is 1.79. The molecule has 2 heterocycles. The molecule has 1 aliphatic heterocycles. The second-order valence-corrected chi connectivity index (χ2v) is 7.99. The van der Waals surface area contributed by atoms with Gasteiger partial charge in [-0.1, -0.05) is 31.2 Å². The zero-order chi connectivity index (χ0) is 19.4. The van der Waals surface area contributed by atoms with Crippen LogP contribution in [0.4, 0.5) is 0 Å². The monoisotopic (exact) mass is 391 g/mol. The SMILES string of the molecule is CCc1ccc(Cc2ccncc2O[C@@H]2S[C@H](CO)[C@@H](O)[C@H](O)[C@H]2O)cc1. The van der Waals surface area contributed by atoms with Crippen LogP contribution in [0.25, 0.3) is 0 Å². The minimum absolute atomic E-state index is 0.320. The van der Waals surface area contributed by atoms with E-state index < -0.39 is 29.0 Å². The third kappa shape index (κ3) is 4.62. The molecular formula is C20H25NO5S. The molecule has 3 rings (SSSR count). The maximum atomic E-state index is 10.3. The number of benzene rings is 1. The number of aryl methyl sites for hydroxylation is 1. The van der Waals surface area contributed by atoms with Gasteiger partial charge < -0.3 is 25.2 Å². The Morgan fingerprint density at radius 2 is 1.70 bits per heavy atom. The summed E-state index contributed by atoms with van der Waals surface area (Å²) in [5, 5.41) is 39.0. The van der Waals surface area contributed by atoms with Crippen LogP contribution in [-0.4, -0.2) is 61.0 Å². The van der Waals surface area contributed by atoms with E-state index in [1.807, 2.05) is 6.07 Å². The van der Waals surface area contributed by atoms with Crippen LogP contribution in [-0.2, 0) is 12.8 Å². The Hall–Kier alpha value is -1.64. The predicted octanol–water partition coefficient (Wildman–Crippen LogP) is 1.13. The summed E-state index contributed by atoms with van der Waals surface area (Å²) >= 11 is 1.11. The van der Waals surface area contributed by atoms with Gasteiger partial charge in [-0.3, -0.25) is 4.98 Å². The largest absolute Gasteiger partial charge is 0.475 e. The Morgan fingerprint density at radius 3 is 2.37 bits per heavy atom. The number of hydrogen-bond donors (Lipinski definition) is 4. The first-order valence-corrected chi connectivity index (χ1v) is 9.95. The summed E-state index contributed by atoms with van der Waals surface area (Å²) in [5.41, 5.74) is 2.49. The van der Waals surface area contributed by atoms with E-state index in [4.69, 9.17) is 4.74 Å². The molecular weight excluding hydrogens is 366 g/mol. The van der Waals surface area contributed by atoms with Crippen LogP contribution >= 0.6 is 11.8 Å². The zero-order valence-corrected chi connectivity index (χ0v) is 15.9. The highest BCUT2D eigenvalue weighted by molar-refractivity contribution is 8.00. The number of aliphatic hydroxyl groups is 4. The number of thioether (sulfide) groups is 1. The van der Waals surface area contributed by atoms with Gasteiger partial charge in [0, 0.05) is 18.2 Å². The average Bonchev–Trinajstić information content (AvgIpc) is 2.70. The van der Waals surface area contributed by atoms with Crippen molar-refractivity contribution in [3.8, 4) is 5.75 Å². The molecule has 7 heteroatoms. The molecule has 0 radical (unpaired) electrons. The lowest BCUT2D eigenvalue weighted by molar-refractivity contribution is -0.0910. The molecule has 1 aliphatic rings. The predicted molar refractivity (Wildman–Crippen MR) is 104 cm³/mol. The van der Waals surface area contributed by atoms with E-state index in [0.29, 0.717) is 12.2 Å². The third-order valence-electron chi connectivity index (χ3n) is 4.79. The van der Waals surface area contributed by atoms with Crippen LogP contribution < -0.4 is 4.74 Å². The Bertz CT molecular complexity index is 739. The maximum absolute atomic E-state index is 10.3. The van der Waals surface area contributed by atoms with Gasteiger partial charge in [-0.15, -0.1) is 11.8 Å². The standard InChI is InChI=1S/C20H25NO5S/c1-2-12-3-5-13(6-4-12)9-14-7-8-21-10-15(14)26-20-19(25)18(24)17(23)16(11-22)27-20/h3-8,10,16-20,22-25H,2,9,11H2,1H3/t16-,17-,18+,19-,20-/m1/s1. The lowest BCUT2D eigenvalue weighted by atomic mass is 10.0. The molecule has 146 valence electrons. The summed E-state index contributed by atoms with van der Waals surface area (Å²) in [5.74, 6) is 0.508. The smallest absolute Gasteiger partial charge is 0.173 e. The molecule has 0 saturated carbocycles. The van der Waals surface area contributed by atoms with E-state index in [-0.39, 0.29) is 6.61 Å². The quantitative estimate of drug-likeness (QED) is 0.585. The molecule has 1 saturated heterocycles. The Balaban J connectivity index is 1.77. The first-order valence-electron chi connectivity index (χ1n) is 9.01. The summed E-state index contributed by atoms with van der Waals surface area (Å²) in [4.78, 5) is 4.10. The summed E-state index contributed by atoms with van der Waals surface area (Å²) in [6, 6.07) is 10.2. The number of pyridine rings is 1. The van der Waals surface area contributed by atoms with Gasteiger partial charge in [-0.2, -0.15) is 0 Å². The Labute approximate surface area is 162 Å². The molecule has 0 bridgehead atoms. The van der Waals surface area contributed by atoms with Gasteiger partial charge in [0.15, 0.2) is 5.44 Å². The van der Waals surface area contributed by atoms with E-state index in [2.05, 4.69) is 36.2 Å². The summed E-state index contributed by atoms with van der Waals surface area (Å²) in [6.07, 6.45) is 1.03. The number of ether oxygens (including phenoxy) is 1. The van der Waals surface area contributed by atoms with Crippen molar-refractivity contribution in [3.05, 3.63) is 59.4 Å². The molecule has 1 aromatic carbocycles. The molecule has 4 N–H and O–H groups in total. The molecule has 0 amide bonds. The molecule has 1 aromatic heterocycles. The molecule has 0 spiro atoms. The van der Waals surface area contributed by atoms with Gasteiger partial charge >= 0.3 is 0 Å². The van der Waals surface area contributed by atoms with Crippen LogP contribution in [0.3, 0.4) is 0 Å². The van der Waals surface area contributed by atoms with Crippen LogP contribution in [0.2, 0.25) is 0 Å².